The minimum absolute atomic E-state index is 0.115. The van der Waals surface area contributed by atoms with E-state index in [-0.39, 0.29) is 6.10 Å². The zero-order valence-electron chi connectivity index (χ0n) is 8.86. The highest BCUT2D eigenvalue weighted by atomic mass is 16.7. The molecule has 0 bridgehead atoms. The topological polar surface area (TPSA) is 36.3 Å². The number of rotatable bonds is 2. The summed E-state index contributed by atoms with van der Waals surface area (Å²) in [6.07, 6.45) is 2.08. The maximum Gasteiger partial charge on any atom is 0.163 e. The molecule has 2 heterocycles. The summed E-state index contributed by atoms with van der Waals surface area (Å²) in [4.78, 5) is 0. The van der Waals surface area contributed by atoms with Gasteiger partial charge in [0, 0.05) is 6.20 Å². The molecule has 0 unspecified atom stereocenters. The largest absolute Gasteiger partial charge is 0.348 e. The average Bonchev–Trinajstić information content (AvgIpc) is 2.59. The molecule has 0 aliphatic carbocycles. The van der Waals surface area contributed by atoms with Crippen LogP contribution in [0.4, 0.5) is 0 Å². The smallest absolute Gasteiger partial charge is 0.163 e. The second kappa shape index (κ2) is 3.37. The lowest BCUT2D eigenvalue weighted by molar-refractivity contribution is -0.139. The average molecular weight is 196 g/mol. The molecule has 4 nitrogen and oxygen atoms in total. The lowest BCUT2D eigenvalue weighted by Crippen LogP contribution is -2.24. The van der Waals surface area contributed by atoms with Crippen molar-refractivity contribution in [1.82, 2.24) is 9.78 Å². The fourth-order valence-electron chi connectivity index (χ4n) is 1.63. The van der Waals surface area contributed by atoms with Gasteiger partial charge < -0.3 is 9.47 Å². The van der Waals surface area contributed by atoms with Gasteiger partial charge in [0.25, 0.3) is 0 Å². The van der Waals surface area contributed by atoms with E-state index >= 15 is 0 Å². The van der Waals surface area contributed by atoms with Crippen LogP contribution in [0.25, 0.3) is 0 Å². The molecule has 4 heteroatoms. The van der Waals surface area contributed by atoms with Gasteiger partial charge in [-0.25, -0.2) is 0 Å². The van der Waals surface area contributed by atoms with Crippen molar-refractivity contribution in [2.75, 3.05) is 6.61 Å². The number of aryl methyl sites for hydroxylation is 1. The summed E-state index contributed by atoms with van der Waals surface area (Å²) < 4.78 is 13.0. The fourth-order valence-corrected chi connectivity index (χ4v) is 1.63. The maximum atomic E-state index is 5.68. The number of hydrogen-bond donors (Lipinski definition) is 0. The highest BCUT2D eigenvalue weighted by Gasteiger charge is 2.32. The van der Waals surface area contributed by atoms with Crippen molar-refractivity contribution < 1.29 is 9.47 Å². The molecule has 1 fully saturated rings. The van der Waals surface area contributed by atoms with Gasteiger partial charge in [0.05, 0.1) is 18.8 Å². The molecular formula is C10H16N2O2. The molecule has 1 aromatic rings. The van der Waals surface area contributed by atoms with E-state index < -0.39 is 5.79 Å². The van der Waals surface area contributed by atoms with Gasteiger partial charge in [-0.2, -0.15) is 5.10 Å². The third-order valence-corrected chi connectivity index (χ3v) is 2.23. The summed E-state index contributed by atoms with van der Waals surface area (Å²) in [5, 5.41) is 4.30. The summed E-state index contributed by atoms with van der Waals surface area (Å²) in [5.74, 6) is -0.438. The third kappa shape index (κ3) is 2.13. The first-order valence-corrected chi connectivity index (χ1v) is 4.87. The molecular weight excluding hydrogens is 180 g/mol. The van der Waals surface area contributed by atoms with Gasteiger partial charge in [0.2, 0.25) is 0 Å². The van der Waals surface area contributed by atoms with Crippen molar-refractivity contribution in [3.8, 4) is 0 Å². The number of hydrogen-bond acceptors (Lipinski definition) is 3. The van der Waals surface area contributed by atoms with Crippen LogP contribution in [0.5, 0.6) is 0 Å². The fraction of sp³-hybridized carbons (Fsp3) is 0.700. The summed E-state index contributed by atoms with van der Waals surface area (Å²) in [7, 11) is 0. The maximum absolute atomic E-state index is 5.68. The molecule has 0 spiro atoms. The normalized spacial score (nSPS) is 25.5. The molecule has 0 radical (unpaired) electrons. The van der Waals surface area contributed by atoms with Crippen LogP contribution < -0.4 is 0 Å². The molecule has 1 saturated heterocycles. The SMILES string of the molecule is Cc1ccn(C[C@H]2COC(C)(C)O2)n1. The molecule has 1 aliphatic heterocycles. The molecule has 1 aromatic heterocycles. The van der Waals surface area contributed by atoms with Crippen LogP contribution in [0, 0.1) is 6.92 Å². The first-order valence-electron chi connectivity index (χ1n) is 4.87. The minimum Gasteiger partial charge on any atom is -0.348 e. The van der Waals surface area contributed by atoms with Crippen molar-refractivity contribution in [2.24, 2.45) is 0 Å². The second-order valence-electron chi connectivity index (χ2n) is 4.13. The van der Waals surface area contributed by atoms with Crippen LogP contribution >= 0.6 is 0 Å². The van der Waals surface area contributed by atoms with E-state index in [0.717, 1.165) is 12.2 Å². The Morgan fingerprint density at radius 3 is 2.93 bits per heavy atom. The van der Waals surface area contributed by atoms with E-state index in [4.69, 9.17) is 9.47 Å². The zero-order chi connectivity index (χ0) is 10.2. The second-order valence-corrected chi connectivity index (χ2v) is 4.13. The quantitative estimate of drug-likeness (QED) is 0.716. The van der Waals surface area contributed by atoms with Gasteiger partial charge in [0.1, 0.15) is 6.10 Å². The Balaban J connectivity index is 1.94. The summed E-state index contributed by atoms with van der Waals surface area (Å²) in [6.45, 7) is 7.25. The van der Waals surface area contributed by atoms with Gasteiger partial charge >= 0.3 is 0 Å². The van der Waals surface area contributed by atoms with Crippen LogP contribution in [0.3, 0.4) is 0 Å². The van der Waals surface area contributed by atoms with Crippen LogP contribution in [-0.4, -0.2) is 28.3 Å². The number of nitrogens with zero attached hydrogens (tertiary/aromatic N) is 2. The number of aromatic nitrogens is 2. The minimum atomic E-state index is -0.438. The Kier molecular flexibility index (Phi) is 2.33. The van der Waals surface area contributed by atoms with E-state index in [1.165, 1.54) is 0 Å². The summed E-state index contributed by atoms with van der Waals surface area (Å²) >= 11 is 0. The first-order chi connectivity index (χ1) is 6.55. The van der Waals surface area contributed by atoms with E-state index in [1.807, 2.05) is 37.7 Å². The zero-order valence-corrected chi connectivity index (χ0v) is 8.86. The van der Waals surface area contributed by atoms with Gasteiger partial charge in [0.15, 0.2) is 5.79 Å². The van der Waals surface area contributed by atoms with Gasteiger partial charge in [-0.3, -0.25) is 4.68 Å². The van der Waals surface area contributed by atoms with E-state index in [9.17, 15) is 0 Å². The predicted molar refractivity (Wildman–Crippen MR) is 51.9 cm³/mol. The Bertz CT molecular complexity index is 320. The van der Waals surface area contributed by atoms with Gasteiger partial charge in [-0.1, -0.05) is 0 Å². The molecule has 0 amide bonds. The Labute approximate surface area is 83.8 Å². The van der Waals surface area contributed by atoms with Crippen LogP contribution in [0.2, 0.25) is 0 Å². The van der Waals surface area contributed by atoms with E-state index in [1.54, 1.807) is 0 Å². The summed E-state index contributed by atoms with van der Waals surface area (Å²) in [6, 6.07) is 1.99. The highest BCUT2D eigenvalue weighted by Crippen LogP contribution is 2.22. The monoisotopic (exact) mass is 196 g/mol. The molecule has 0 N–H and O–H groups in total. The predicted octanol–water partition coefficient (Wildman–Crippen LogP) is 1.34. The third-order valence-electron chi connectivity index (χ3n) is 2.23. The molecule has 2 rings (SSSR count). The van der Waals surface area contributed by atoms with Crippen LogP contribution in [0.15, 0.2) is 12.3 Å². The van der Waals surface area contributed by atoms with Crippen LogP contribution in [0.1, 0.15) is 19.5 Å². The molecule has 14 heavy (non-hydrogen) atoms. The van der Waals surface area contributed by atoms with Gasteiger partial charge in [-0.15, -0.1) is 0 Å². The Morgan fingerprint density at radius 2 is 2.43 bits per heavy atom. The Morgan fingerprint density at radius 1 is 1.64 bits per heavy atom. The summed E-state index contributed by atoms with van der Waals surface area (Å²) in [5.41, 5.74) is 1.03. The molecule has 0 aromatic carbocycles. The highest BCUT2D eigenvalue weighted by molar-refractivity contribution is 4.95. The lowest BCUT2D eigenvalue weighted by atomic mass is 10.4. The van der Waals surface area contributed by atoms with E-state index in [0.29, 0.717) is 6.61 Å². The first kappa shape index (κ1) is 9.68. The Hall–Kier alpha value is -0.870. The molecule has 1 atom stereocenters. The molecule has 0 saturated carbocycles. The van der Waals surface area contributed by atoms with Crippen molar-refractivity contribution in [3.63, 3.8) is 0 Å². The van der Waals surface area contributed by atoms with Crippen molar-refractivity contribution in [1.29, 1.82) is 0 Å². The van der Waals surface area contributed by atoms with Crippen molar-refractivity contribution in [2.45, 2.75) is 39.2 Å². The van der Waals surface area contributed by atoms with Gasteiger partial charge in [-0.05, 0) is 26.8 Å². The molecule has 78 valence electrons. The van der Waals surface area contributed by atoms with Crippen molar-refractivity contribution in [3.05, 3.63) is 18.0 Å². The van der Waals surface area contributed by atoms with E-state index in [2.05, 4.69) is 5.10 Å². The molecule has 1 aliphatic rings. The van der Waals surface area contributed by atoms with Crippen LogP contribution in [-0.2, 0) is 16.0 Å². The van der Waals surface area contributed by atoms with Crippen molar-refractivity contribution >= 4 is 0 Å². The lowest BCUT2D eigenvalue weighted by Gasteiger charge is -2.16. The standard InChI is InChI=1S/C10H16N2O2/c1-8-4-5-12(11-8)6-9-7-13-10(2,3)14-9/h4-5,9H,6-7H2,1-3H3/t9-/m0/s1. The number of ether oxygens (including phenoxy) is 2.